The van der Waals surface area contributed by atoms with Crippen LogP contribution in [0.3, 0.4) is 0 Å². The van der Waals surface area contributed by atoms with Crippen LogP contribution < -0.4 is 0 Å². The molecule has 14 unspecified atom stereocenters. The molecule has 296 valence electrons. The first-order valence-electron chi connectivity index (χ1n) is 18.1. The van der Waals surface area contributed by atoms with Crippen molar-refractivity contribution in [2.45, 2.75) is 56.4 Å². The van der Waals surface area contributed by atoms with Crippen molar-refractivity contribution in [1.82, 2.24) is 0 Å². The van der Waals surface area contributed by atoms with E-state index in [0.717, 1.165) is 82.9 Å². The maximum absolute atomic E-state index is 2.52. The normalized spacial score (nSPS) is 44.0. The molecular formula is C36H68S14. The average Bonchev–Trinajstić information content (AvgIpc) is 3.37. The number of hydrogen-bond donors (Lipinski definition) is 0. The minimum absolute atomic E-state index is 0. The second kappa shape index (κ2) is 26.9. The van der Waals surface area contributed by atoms with E-state index in [0.29, 0.717) is 0 Å². The molecule has 14 atom stereocenters. The maximum atomic E-state index is 2.52. The molecule has 0 aromatic rings. The summed E-state index contributed by atoms with van der Waals surface area (Å²) in [5, 5.41) is 0. The van der Waals surface area contributed by atoms with Crippen LogP contribution in [0.1, 0.15) is 56.4 Å². The van der Waals surface area contributed by atoms with Gasteiger partial charge >= 0.3 is 0 Å². The van der Waals surface area contributed by atoms with Crippen molar-refractivity contribution >= 4 is 151 Å². The van der Waals surface area contributed by atoms with Crippen molar-refractivity contribution in [2.24, 2.45) is 82.9 Å². The standard InChI is InChI=1S/C14H24S6.2C10H18S4.2CH4/c1-9-3-15-19-8-14-12-6-18-17-5-11(9)13(14)7-20-16-4-10(12)2;1-7-3-11-14-6-10-8(2)4-12-13-5-9(7)10;1-7-3-11-12-4-8(2)10-6-14-13-5-9(7)10;;/h9-14H,3-8H2,1-2H3;2*7-10H,3-6H2,1-2H3;2*1H4. The van der Waals surface area contributed by atoms with E-state index in [1.165, 1.54) is 80.5 Å². The highest BCUT2D eigenvalue weighted by atomic mass is 33.1. The summed E-state index contributed by atoms with van der Waals surface area (Å²) in [7, 11) is 29.8. The summed E-state index contributed by atoms with van der Waals surface area (Å²) in [6.45, 7) is 14.9. The largest absolute Gasteiger partial charge is 0.0939 e. The van der Waals surface area contributed by atoms with Crippen LogP contribution in [-0.2, 0) is 0 Å². The van der Waals surface area contributed by atoms with Crippen LogP contribution in [0.15, 0.2) is 0 Å². The molecule has 4 bridgehead atoms. The Morgan fingerprint density at radius 3 is 0.500 bits per heavy atom. The van der Waals surface area contributed by atoms with Crippen LogP contribution in [0, 0.1) is 82.9 Å². The molecule has 0 aromatic carbocycles. The Hall–Kier alpha value is 4.90. The number of fused-ring (bicyclic) bond motifs is 2. The minimum atomic E-state index is 0. The topological polar surface area (TPSA) is 0 Å². The highest BCUT2D eigenvalue weighted by Crippen LogP contribution is 2.53. The first-order chi connectivity index (χ1) is 23.3. The minimum Gasteiger partial charge on any atom is -0.0939 e. The Bertz CT molecular complexity index is 831. The van der Waals surface area contributed by atoms with Gasteiger partial charge in [0.05, 0.1) is 0 Å². The second-order valence-electron chi connectivity index (χ2n) is 15.2. The summed E-state index contributed by atoms with van der Waals surface area (Å²) < 4.78 is 0. The predicted molar refractivity (Wildman–Crippen MR) is 271 cm³/mol. The number of hydrogen-bond acceptors (Lipinski definition) is 14. The summed E-state index contributed by atoms with van der Waals surface area (Å²) in [6, 6.07) is 0. The van der Waals surface area contributed by atoms with E-state index in [1.54, 1.807) is 0 Å². The van der Waals surface area contributed by atoms with Crippen LogP contribution in [-0.4, -0.2) is 80.5 Å². The van der Waals surface area contributed by atoms with E-state index in [9.17, 15) is 0 Å². The Morgan fingerprint density at radius 2 is 0.320 bits per heavy atom. The van der Waals surface area contributed by atoms with Gasteiger partial charge in [0.25, 0.3) is 0 Å². The van der Waals surface area contributed by atoms with Gasteiger partial charge in [-0.25, -0.2) is 0 Å². The summed E-state index contributed by atoms with van der Waals surface area (Å²) in [5.41, 5.74) is 0. The van der Waals surface area contributed by atoms with Crippen molar-refractivity contribution in [3.05, 3.63) is 0 Å². The third kappa shape index (κ3) is 14.9. The molecule has 7 saturated heterocycles. The van der Waals surface area contributed by atoms with Gasteiger partial charge in [0.1, 0.15) is 0 Å². The van der Waals surface area contributed by atoms with Gasteiger partial charge in [0.15, 0.2) is 0 Å². The first-order valence-corrected chi connectivity index (χ1v) is 35.5. The van der Waals surface area contributed by atoms with E-state index in [1.807, 2.05) is 0 Å². The predicted octanol–water partition coefficient (Wildman–Crippen LogP) is 15.7. The van der Waals surface area contributed by atoms with E-state index >= 15 is 0 Å². The molecule has 0 spiro atoms. The highest BCUT2D eigenvalue weighted by molar-refractivity contribution is 8.78. The Balaban J connectivity index is 0.000000204. The molecule has 0 radical (unpaired) electrons. The summed E-state index contributed by atoms with van der Waals surface area (Å²) in [5.74, 6) is 32.6. The maximum Gasteiger partial charge on any atom is 0.00714 e. The van der Waals surface area contributed by atoms with Crippen molar-refractivity contribution in [2.75, 3.05) is 80.5 Å². The highest BCUT2D eigenvalue weighted by Gasteiger charge is 2.42. The van der Waals surface area contributed by atoms with E-state index < -0.39 is 0 Å². The zero-order chi connectivity index (χ0) is 33.9. The van der Waals surface area contributed by atoms with Gasteiger partial charge in [-0.2, -0.15) is 0 Å². The SMILES string of the molecule is C.C.CC1CSSCC(C)C2CSSCC12.CC1CSSCC2C(C)CSSCC12.CC1CSSCC2C3CSSCC1C2CSSCC3C. The molecule has 0 aromatic heterocycles. The fraction of sp³-hybridized carbons (Fsp3) is 1.00. The van der Waals surface area contributed by atoms with Gasteiger partial charge in [0, 0.05) is 80.5 Å². The number of rotatable bonds is 0. The van der Waals surface area contributed by atoms with Gasteiger partial charge in [-0.1, -0.05) is 208 Å². The van der Waals surface area contributed by atoms with Gasteiger partial charge in [-0.3, -0.25) is 0 Å². The molecular weight excluding hydrogens is 881 g/mol. The zero-order valence-electron chi connectivity index (χ0n) is 29.7. The Kier molecular flexibility index (Phi) is 26.5. The van der Waals surface area contributed by atoms with E-state index in [2.05, 4.69) is 193 Å². The summed E-state index contributed by atoms with van der Waals surface area (Å²) in [4.78, 5) is 0. The van der Waals surface area contributed by atoms with Gasteiger partial charge in [-0.15, -0.1) is 0 Å². The Morgan fingerprint density at radius 1 is 0.200 bits per heavy atom. The summed E-state index contributed by atoms with van der Waals surface area (Å²) in [6.07, 6.45) is 0. The van der Waals surface area contributed by atoms with Gasteiger partial charge in [0.2, 0.25) is 0 Å². The molecule has 7 heterocycles. The molecule has 7 rings (SSSR count). The van der Waals surface area contributed by atoms with Crippen LogP contribution in [0.5, 0.6) is 0 Å². The lowest BCUT2D eigenvalue weighted by Crippen LogP contribution is -2.42. The molecule has 0 N–H and O–H groups in total. The fourth-order valence-electron chi connectivity index (χ4n) is 8.08. The van der Waals surface area contributed by atoms with Crippen molar-refractivity contribution in [3.63, 3.8) is 0 Å². The average molecular weight is 950 g/mol. The van der Waals surface area contributed by atoms with E-state index in [4.69, 9.17) is 0 Å². The molecule has 0 aliphatic carbocycles. The van der Waals surface area contributed by atoms with Crippen LogP contribution in [0.4, 0.5) is 0 Å². The van der Waals surface area contributed by atoms with Gasteiger partial charge in [-0.05, 0) is 82.9 Å². The quantitative estimate of drug-likeness (QED) is 0.212. The summed E-state index contributed by atoms with van der Waals surface area (Å²) >= 11 is 0. The molecule has 14 heteroatoms. The third-order valence-electron chi connectivity index (χ3n) is 11.8. The second-order valence-corrected chi connectivity index (χ2v) is 33.0. The molecule has 0 saturated carbocycles. The lowest BCUT2D eigenvalue weighted by Gasteiger charge is -2.46. The molecule has 7 aliphatic rings. The van der Waals surface area contributed by atoms with Crippen molar-refractivity contribution in [1.29, 1.82) is 0 Å². The monoisotopic (exact) mass is 948 g/mol. The molecule has 7 fully saturated rings. The van der Waals surface area contributed by atoms with Crippen molar-refractivity contribution < 1.29 is 0 Å². The lowest BCUT2D eigenvalue weighted by molar-refractivity contribution is 0.164. The smallest absolute Gasteiger partial charge is 0.00714 e. The van der Waals surface area contributed by atoms with Crippen LogP contribution in [0.2, 0.25) is 0 Å². The fourth-order valence-corrected chi connectivity index (χ4v) is 29.6. The Labute approximate surface area is 366 Å². The molecule has 0 amide bonds. The zero-order valence-corrected chi connectivity index (χ0v) is 41.1. The van der Waals surface area contributed by atoms with Crippen LogP contribution >= 0.6 is 151 Å². The van der Waals surface area contributed by atoms with E-state index in [-0.39, 0.29) is 14.9 Å². The molecule has 50 heavy (non-hydrogen) atoms. The van der Waals surface area contributed by atoms with Gasteiger partial charge < -0.3 is 0 Å². The van der Waals surface area contributed by atoms with Crippen LogP contribution in [0.25, 0.3) is 0 Å². The molecule has 7 aliphatic heterocycles. The lowest BCUT2D eigenvalue weighted by atomic mass is 9.71. The first kappa shape index (κ1) is 49.3. The molecule has 0 nitrogen and oxygen atoms in total. The van der Waals surface area contributed by atoms with Crippen molar-refractivity contribution in [3.8, 4) is 0 Å². The third-order valence-corrected chi connectivity index (χ3v) is 30.3.